The average Bonchev–Trinajstić information content (AvgIpc) is 2.72. The van der Waals surface area contributed by atoms with Crippen LogP contribution in [-0.4, -0.2) is 6.54 Å². The highest BCUT2D eigenvalue weighted by Gasteiger charge is 2.24. The molecule has 0 saturated heterocycles. The Morgan fingerprint density at radius 1 is 1.29 bits per heavy atom. The van der Waals surface area contributed by atoms with Crippen LogP contribution in [0.5, 0.6) is 0 Å². The maximum Gasteiger partial charge on any atom is 0.132 e. The molecular weight excluding hydrogens is 380 g/mol. The summed E-state index contributed by atoms with van der Waals surface area (Å²) < 4.78 is 29.5. The second kappa shape index (κ2) is 7.18. The lowest BCUT2D eigenvalue weighted by Gasteiger charge is -2.19. The summed E-state index contributed by atoms with van der Waals surface area (Å²) in [5, 5.41) is 3.20. The minimum atomic E-state index is -0.572. The van der Waals surface area contributed by atoms with E-state index in [0.717, 1.165) is 16.9 Å². The van der Waals surface area contributed by atoms with Gasteiger partial charge in [0, 0.05) is 14.9 Å². The Morgan fingerprint density at radius 2 is 1.90 bits per heavy atom. The number of halogens is 4. The minimum absolute atomic E-state index is 0.0320. The van der Waals surface area contributed by atoms with Crippen molar-refractivity contribution in [3.63, 3.8) is 0 Å². The predicted molar refractivity (Wildman–Crippen MR) is 88.3 cm³/mol. The van der Waals surface area contributed by atoms with E-state index in [1.54, 1.807) is 0 Å². The summed E-state index contributed by atoms with van der Waals surface area (Å²) in [6, 6.07) is 3.90. The third-order valence-electron chi connectivity index (χ3n) is 3.09. The molecule has 1 N–H and O–H groups in total. The highest BCUT2D eigenvalue weighted by atomic mass is 79.9. The summed E-state index contributed by atoms with van der Waals surface area (Å²) in [7, 11) is 0. The summed E-state index contributed by atoms with van der Waals surface area (Å²) in [5.41, 5.74) is 0.947. The SMILES string of the molecule is CCCNC(c1cc(C)c(Cl)s1)c1c(F)cc(Br)cc1F. The van der Waals surface area contributed by atoms with Gasteiger partial charge < -0.3 is 5.32 Å². The Morgan fingerprint density at radius 3 is 2.38 bits per heavy atom. The summed E-state index contributed by atoms with van der Waals surface area (Å²) in [4.78, 5) is 0.811. The molecule has 0 radical (unpaired) electrons. The number of rotatable bonds is 5. The Balaban J connectivity index is 2.50. The molecular formula is C15H15BrClF2NS. The first-order chi connectivity index (χ1) is 9.93. The van der Waals surface area contributed by atoms with Crippen LogP contribution in [0, 0.1) is 18.6 Å². The highest BCUT2D eigenvalue weighted by molar-refractivity contribution is 9.10. The molecule has 0 fully saturated rings. The maximum atomic E-state index is 14.2. The van der Waals surface area contributed by atoms with Gasteiger partial charge in [-0.25, -0.2) is 8.78 Å². The number of benzene rings is 1. The molecule has 1 unspecified atom stereocenters. The van der Waals surface area contributed by atoms with Crippen molar-refractivity contribution in [3.8, 4) is 0 Å². The number of nitrogens with one attached hydrogen (secondary N) is 1. The van der Waals surface area contributed by atoms with E-state index in [0.29, 0.717) is 15.4 Å². The molecule has 21 heavy (non-hydrogen) atoms. The fraction of sp³-hybridized carbons (Fsp3) is 0.333. The molecule has 114 valence electrons. The molecule has 0 bridgehead atoms. The minimum Gasteiger partial charge on any atom is -0.305 e. The lowest BCUT2D eigenvalue weighted by molar-refractivity contribution is 0.505. The molecule has 1 aromatic heterocycles. The van der Waals surface area contributed by atoms with E-state index < -0.39 is 17.7 Å². The van der Waals surface area contributed by atoms with Gasteiger partial charge in [-0.1, -0.05) is 34.5 Å². The van der Waals surface area contributed by atoms with Crippen molar-refractivity contribution in [1.29, 1.82) is 0 Å². The van der Waals surface area contributed by atoms with E-state index in [9.17, 15) is 8.78 Å². The Bertz CT molecular complexity index is 602. The van der Waals surface area contributed by atoms with Gasteiger partial charge in [0.25, 0.3) is 0 Å². The van der Waals surface area contributed by atoms with Gasteiger partial charge in [0.2, 0.25) is 0 Å². The van der Waals surface area contributed by atoms with Gasteiger partial charge in [-0.05, 0) is 43.7 Å². The van der Waals surface area contributed by atoms with Crippen molar-refractivity contribution >= 4 is 38.9 Å². The van der Waals surface area contributed by atoms with Crippen LogP contribution < -0.4 is 5.32 Å². The number of thiophene rings is 1. The summed E-state index contributed by atoms with van der Waals surface area (Å²) >= 11 is 10.5. The van der Waals surface area contributed by atoms with Crippen LogP contribution in [0.3, 0.4) is 0 Å². The van der Waals surface area contributed by atoms with Crippen LogP contribution in [0.25, 0.3) is 0 Å². The zero-order valence-corrected chi connectivity index (χ0v) is 14.8. The molecule has 0 aliphatic rings. The molecule has 6 heteroatoms. The lowest BCUT2D eigenvalue weighted by Crippen LogP contribution is -2.24. The van der Waals surface area contributed by atoms with Gasteiger partial charge in [0.05, 0.1) is 10.4 Å². The second-order valence-corrected chi connectivity index (χ2v) is 7.38. The number of hydrogen-bond acceptors (Lipinski definition) is 2. The average molecular weight is 395 g/mol. The van der Waals surface area contributed by atoms with Crippen molar-refractivity contribution < 1.29 is 8.78 Å². The maximum absolute atomic E-state index is 14.2. The largest absolute Gasteiger partial charge is 0.305 e. The zero-order valence-electron chi connectivity index (χ0n) is 11.6. The summed E-state index contributed by atoms with van der Waals surface area (Å²) in [5.74, 6) is -1.14. The quantitative estimate of drug-likeness (QED) is 0.672. The van der Waals surface area contributed by atoms with Crippen molar-refractivity contribution in [1.82, 2.24) is 5.32 Å². The van der Waals surface area contributed by atoms with Crippen LogP contribution >= 0.6 is 38.9 Å². The van der Waals surface area contributed by atoms with E-state index in [4.69, 9.17) is 11.6 Å². The van der Waals surface area contributed by atoms with E-state index in [-0.39, 0.29) is 5.56 Å². The number of aryl methyl sites for hydroxylation is 1. The fourth-order valence-corrected chi connectivity index (χ4v) is 3.79. The van der Waals surface area contributed by atoms with Crippen LogP contribution in [0.1, 0.15) is 35.4 Å². The molecule has 0 saturated carbocycles. The molecule has 2 aromatic rings. The lowest BCUT2D eigenvalue weighted by atomic mass is 10.0. The topological polar surface area (TPSA) is 12.0 Å². The Kier molecular flexibility index (Phi) is 5.77. The molecule has 1 nitrogen and oxygen atoms in total. The van der Waals surface area contributed by atoms with E-state index in [1.807, 2.05) is 19.9 Å². The van der Waals surface area contributed by atoms with E-state index in [2.05, 4.69) is 21.2 Å². The first kappa shape index (κ1) is 16.9. The van der Waals surface area contributed by atoms with Crippen LogP contribution in [-0.2, 0) is 0 Å². The van der Waals surface area contributed by atoms with Crippen LogP contribution in [0.15, 0.2) is 22.7 Å². The van der Waals surface area contributed by atoms with Crippen molar-refractivity contribution in [2.45, 2.75) is 26.3 Å². The number of hydrogen-bond donors (Lipinski definition) is 1. The molecule has 0 aliphatic carbocycles. The van der Waals surface area contributed by atoms with Gasteiger partial charge >= 0.3 is 0 Å². The Labute approximate surface area is 140 Å². The smallest absolute Gasteiger partial charge is 0.132 e. The van der Waals surface area contributed by atoms with Crippen molar-refractivity contribution in [2.75, 3.05) is 6.54 Å². The van der Waals surface area contributed by atoms with Crippen molar-refractivity contribution in [3.05, 3.63) is 54.6 Å². The standard InChI is InChI=1S/C15H15BrClF2NS/c1-3-4-20-14(12-5-8(2)15(17)21-12)13-10(18)6-9(16)7-11(13)19/h5-7,14,20H,3-4H2,1-2H3. The molecule has 1 aromatic carbocycles. The van der Waals surface area contributed by atoms with E-state index in [1.165, 1.54) is 23.5 Å². The zero-order chi connectivity index (χ0) is 15.6. The van der Waals surface area contributed by atoms with Crippen molar-refractivity contribution in [2.24, 2.45) is 0 Å². The van der Waals surface area contributed by atoms with Gasteiger partial charge in [-0.2, -0.15) is 0 Å². The van der Waals surface area contributed by atoms with Gasteiger partial charge in [-0.15, -0.1) is 11.3 Å². The summed E-state index contributed by atoms with van der Waals surface area (Å²) in [6.07, 6.45) is 0.869. The third kappa shape index (κ3) is 3.83. The molecule has 0 spiro atoms. The highest BCUT2D eigenvalue weighted by Crippen LogP contribution is 2.36. The molecule has 1 heterocycles. The second-order valence-electron chi connectivity index (χ2n) is 4.78. The summed E-state index contributed by atoms with van der Waals surface area (Å²) in [6.45, 7) is 4.55. The molecule has 1 atom stereocenters. The first-order valence-electron chi connectivity index (χ1n) is 6.57. The van der Waals surface area contributed by atoms with Gasteiger partial charge in [0.1, 0.15) is 11.6 Å². The molecule has 0 aliphatic heterocycles. The normalized spacial score (nSPS) is 12.7. The predicted octanol–water partition coefficient (Wildman–Crippen LogP) is 5.84. The molecule has 0 amide bonds. The Hall–Kier alpha value is -0.490. The van der Waals surface area contributed by atoms with Crippen LogP contribution in [0.2, 0.25) is 4.34 Å². The van der Waals surface area contributed by atoms with Gasteiger partial charge in [0.15, 0.2) is 0 Å². The van der Waals surface area contributed by atoms with Crippen LogP contribution in [0.4, 0.5) is 8.78 Å². The molecule has 2 rings (SSSR count). The van der Waals surface area contributed by atoms with E-state index >= 15 is 0 Å². The fourth-order valence-electron chi connectivity index (χ4n) is 2.09. The monoisotopic (exact) mass is 393 g/mol. The van der Waals surface area contributed by atoms with Gasteiger partial charge in [-0.3, -0.25) is 0 Å². The first-order valence-corrected chi connectivity index (χ1v) is 8.56. The third-order valence-corrected chi connectivity index (χ3v) is 5.17.